The molecule has 2 aromatic carbocycles. The van der Waals surface area contributed by atoms with E-state index in [9.17, 15) is 18.4 Å². The summed E-state index contributed by atoms with van der Waals surface area (Å²) in [4.78, 5) is 36.8. The Kier molecular flexibility index (Phi) is 6.18. The fraction of sp³-hybridized carbons (Fsp3) is 0.379. The van der Waals surface area contributed by atoms with Crippen LogP contribution in [0.1, 0.15) is 59.1 Å². The first-order chi connectivity index (χ1) is 18.3. The highest BCUT2D eigenvalue weighted by Gasteiger charge is 2.46. The molecule has 2 amide bonds. The molecule has 2 fully saturated rings. The van der Waals surface area contributed by atoms with E-state index in [0.29, 0.717) is 30.2 Å². The summed E-state index contributed by atoms with van der Waals surface area (Å²) in [5.74, 6) is -1.76. The maximum Gasteiger partial charge on any atom is 0.255 e. The summed E-state index contributed by atoms with van der Waals surface area (Å²) >= 11 is 0. The monoisotopic (exact) mass is 518 g/mol. The number of amides is 2. The van der Waals surface area contributed by atoms with Gasteiger partial charge in [0.2, 0.25) is 5.91 Å². The Bertz CT molecular complexity index is 1400. The van der Waals surface area contributed by atoms with Crippen molar-refractivity contribution >= 4 is 11.8 Å². The minimum absolute atomic E-state index is 0.0836. The van der Waals surface area contributed by atoms with Crippen LogP contribution in [-0.4, -0.2) is 52.5 Å². The van der Waals surface area contributed by atoms with Gasteiger partial charge in [-0.25, -0.2) is 18.7 Å². The number of likely N-dealkylation sites (tertiary alicyclic amines) is 1. The van der Waals surface area contributed by atoms with Crippen LogP contribution in [-0.2, 0) is 27.9 Å². The van der Waals surface area contributed by atoms with E-state index in [1.165, 1.54) is 6.07 Å². The molecule has 2 saturated heterocycles. The summed E-state index contributed by atoms with van der Waals surface area (Å²) in [5.41, 5.74) is 2.08. The summed E-state index contributed by atoms with van der Waals surface area (Å²) < 4.78 is 34.4. The molecule has 0 saturated carbocycles. The van der Waals surface area contributed by atoms with E-state index in [1.807, 2.05) is 36.1 Å². The fourth-order valence-electron chi connectivity index (χ4n) is 5.82. The smallest absolute Gasteiger partial charge is 0.255 e. The molecule has 0 bridgehead atoms. The molecule has 196 valence electrons. The zero-order valence-corrected chi connectivity index (χ0v) is 21.1. The van der Waals surface area contributed by atoms with Gasteiger partial charge < -0.3 is 15.0 Å². The van der Waals surface area contributed by atoms with Crippen molar-refractivity contribution in [2.24, 2.45) is 0 Å². The number of aromatic nitrogens is 2. The van der Waals surface area contributed by atoms with Crippen LogP contribution in [0.5, 0.6) is 0 Å². The lowest BCUT2D eigenvalue weighted by Crippen LogP contribution is -2.44. The van der Waals surface area contributed by atoms with Gasteiger partial charge in [-0.15, -0.1) is 0 Å². The molecule has 9 heteroatoms. The molecule has 1 aromatic heterocycles. The Morgan fingerprint density at radius 2 is 1.74 bits per heavy atom. The average Bonchev–Trinajstić information content (AvgIpc) is 3.44. The van der Waals surface area contributed by atoms with Crippen molar-refractivity contribution in [3.63, 3.8) is 0 Å². The number of halogens is 2. The van der Waals surface area contributed by atoms with Gasteiger partial charge in [0.25, 0.3) is 5.91 Å². The highest BCUT2D eigenvalue weighted by molar-refractivity contribution is 5.99. The van der Waals surface area contributed by atoms with E-state index < -0.39 is 17.0 Å². The van der Waals surface area contributed by atoms with Crippen LogP contribution in [0.3, 0.4) is 0 Å². The Morgan fingerprint density at radius 1 is 1.03 bits per heavy atom. The van der Waals surface area contributed by atoms with Crippen LogP contribution in [0, 0.1) is 11.6 Å². The van der Waals surface area contributed by atoms with E-state index >= 15 is 0 Å². The predicted molar refractivity (Wildman–Crippen MR) is 135 cm³/mol. The number of nitrogens with one attached hydrogen (secondary N) is 1. The van der Waals surface area contributed by atoms with Gasteiger partial charge in [-0.3, -0.25) is 9.59 Å². The van der Waals surface area contributed by atoms with Crippen molar-refractivity contribution in [3.8, 4) is 11.4 Å². The molecule has 4 heterocycles. The molecule has 1 atom stereocenters. The first-order valence-corrected chi connectivity index (χ1v) is 13.0. The van der Waals surface area contributed by atoms with E-state index in [-0.39, 0.29) is 42.2 Å². The molecule has 6 rings (SSSR count). The van der Waals surface area contributed by atoms with Crippen molar-refractivity contribution in [2.75, 3.05) is 19.8 Å². The summed E-state index contributed by atoms with van der Waals surface area (Å²) in [5, 5.41) is 2.73. The molecule has 0 aliphatic carbocycles. The largest absolute Gasteiger partial charge is 0.381 e. The second-order valence-corrected chi connectivity index (χ2v) is 10.4. The number of hydrogen-bond donors (Lipinski definition) is 1. The number of nitrogens with zero attached hydrogens (tertiary/aromatic N) is 3. The molecule has 38 heavy (non-hydrogen) atoms. The Labute approximate surface area is 219 Å². The lowest BCUT2D eigenvalue weighted by molar-refractivity contribution is -0.135. The fourth-order valence-corrected chi connectivity index (χ4v) is 5.82. The molecule has 1 N–H and O–H groups in total. The zero-order chi connectivity index (χ0) is 26.4. The summed E-state index contributed by atoms with van der Waals surface area (Å²) in [6, 6.07) is 11.6. The lowest BCUT2D eigenvalue weighted by atomic mass is 9.80. The Hall–Kier alpha value is -3.72. The van der Waals surface area contributed by atoms with E-state index in [2.05, 4.69) is 15.3 Å². The van der Waals surface area contributed by atoms with Crippen molar-refractivity contribution in [3.05, 3.63) is 82.2 Å². The van der Waals surface area contributed by atoms with Crippen molar-refractivity contribution in [1.29, 1.82) is 0 Å². The maximum atomic E-state index is 14.5. The van der Waals surface area contributed by atoms with Gasteiger partial charge >= 0.3 is 0 Å². The van der Waals surface area contributed by atoms with Crippen LogP contribution in [0.4, 0.5) is 8.78 Å². The van der Waals surface area contributed by atoms with Gasteiger partial charge in [-0.1, -0.05) is 30.3 Å². The van der Waals surface area contributed by atoms with Crippen molar-refractivity contribution in [1.82, 2.24) is 20.2 Å². The van der Waals surface area contributed by atoms with Crippen LogP contribution in [0.25, 0.3) is 11.4 Å². The second kappa shape index (κ2) is 9.54. The van der Waals surface area contributed by atoms with Gasteiger partial charge in [-0.05, 0) is 49.4 Å². The number of ether oxygens (including phenoxy) is 1. The van der Waals surface area contributed by atoms with Crippen molar-refractivity contribution < 1.29 is 23.1 Å². The van der Waals surface area contributed by atoms with Gasteiger partial charge in [0, 0.05) is 32.2 Å². The predicted octanol–water partition coefficient (Wildman–Crippen LogP) is 3.93. The third kappa shape index (κ3) is 4.15. The lowest BCUT2D eigenvalue weighted by Gasteiger charge is -2.33. The van der Waals surface area contributed by atoms with Crippen LogP contribution >= 0.6 is 0 Å². The van der Waals surface area contributed by atoms with E-state index in [4.69, 9.17) is 4.74 Å². The average molecular weight is 519 g/mol. The van der Waals surface area contributed by atoms with Gasteiger partial charge in [0.1, 0.15) is 11.6 Å². The van der Waals surface area contributed by atoms with Crippen LogP contribution in [0.15, 0.2) is 42.5 Å². The SMILES string of the molecule is C[C@]1(c2ccc(Cc3nc(-c4c(F)cccc4F)nc4c3C(=O)NC4)cc2)CCN(C2CCOCC2)C1=O. The molecule has 3 aliphatic rings. The molecular weight excluding hydrogens is 490 g/mol. The molecule has 0 unspecified atom stereocenters. The molecular formula is C29H28F2N4O3. The summed E-state index contributed by atoms with van der Waals surface area (Å²) in [7, 11) is 0. The Balaban J connectivity index is 1.28. The molecule has 3 aliphatic heterocycles. The third-order valence-corrected chi connectivity index (χ3v) is 8.07. The summed E-state index contributed by atoms with van der Waals surface area (Å²) in [6.07, 6.45) is 2.77. The molecule has 7 nitrogen and oxygen atoms in total. The number of rotatable bonds is 5. The maximum absolute atomic E-state index is 14.5. The standard InChI is InChI=1S/C29H28F2N4O3/c1-29(11-12-35(28(29)37)19-9-13-38-14-10-19)18-7-5-17(6-8-18)15-22-25-23(16-32-27(25)36)34-26(33-22)24-20(30)3-2-4-21(24)31/h2-8,19H,9-16H2,1H3,(H,32,36)/t29-/m1/s1. The van der Waals surface area contributed by atoms with Gasteiger partial charge in [0.05, 0.1) is 34.5 Å². The number of carbonyl (C=O) groups is 2. The number of hydrogen-bond acceptors (Lipinski definition) is 5. The van der Waals surface area contributed by atoms with Crippen LogP contribution in [0.2, 0.25) is 0 Å². The Morgan fingerprint density at radius 3 is 2.45 bits per heavy atom. The van der Waals surface area contributed by atoms with Crippen molar-refractivity contribution in [2.45, 2.75) is 50.6 Å². The van der Waals surface area contributed by atoms with Crippen LogP contribution < -0.4 is 5.32 Å². The number of benzene rings is 2. The topological polar surface area (TPSA) is 84.4 Å². The highest BCUT2D eigenvalue weighted by atomic mass is 19.1. The third-order valence-electron chi connectivity index (χ3n) is 8.07. The molecule has 3 aromatic rings. The van der Waals surface area contributed by atoms with Gasteiger partial charge in [0.15, 0.2) is 5.82 Å². The number of carbonyl (C=O) groups excluding carboxylic acids is 2. The summed E-state index contributed by atoms with van der Waals surface area (Å²) in [6.45, 7) is 4.29. The number of fused-ring (bicyclic) bond motifs is 1. The highest BCUT2D eigenvalue weighted by Crippen LogP contribution is 2.38. The first kappa shape index (κ1) is 24.6. The minimum atomic E-state index is -0.762. The zero-order valence-electron chi connectivity index (χ0n) is 21.1. The van der Waals surface area contributed by atoms with Gasteiger partial charge in [-0.2, -0.15) is 0 Å². The molecule has 0 spiro atoms. The second-order valence-electron chi connectivity index (χ2n) is 10.4. The molecule has 0 radical (unpaired) electrons. The first-order valence-electron chi connectivity index (χ1n) is 13.0. The van der Waals surface area contributed by atoms with E-state index in [1.54, 1.807) is 0 Å². The van der Waals surface area contributed by atoms with E-state index in [0.717, 1.165) is 49.1 Å². The minimum Gasteiger partial charge on any atom is -0.381 e. The quantitative estimate of drug-likeness (QED) is 0.554. The normalized spacial score (nSPS) is 21.6.